The summed E-state index contributed by atoms with van der Waals surface area (Å²) in [6.07, 6.45) is 3.38. The van der Waals surface area contributed by atoms with Gasteiger partial charge in [-0.2, -0.15) is 0 Å². The highest BCUT2D eigenvalue weighted by Crippen LogP contribution is 1.92. The number of amidine groups is 1. The quantitative estimate of drug-likeness (QED) is 0.251. The summed E-state index contributed by atoms with van der Waals surface area (Å²) in [5.74, 6) is 0.380. The van der Waals surface area contributed by atoms with Crippen molar-refractivity contribution in [2.75, 3.05) is 0 Å². The molecule has 0 aromatic heterocycles. The normalized spacial score (nSPS) is 9.44. The lowest BCUT2D eigenvalue weighted by Crippen LogP contribution is -2.12. The molecule has 0 aliphatic carbocycles. The molecule has 0 atom stereocenters. The van der Waals surface area contributed by atoms with Crippen LogP contribution in [0.1, 0.15) is 6.92 Å². The Kier molecular flexibility index (Phi) is 3.20. The fraction of sp³-hybridized carbons (Fsp3) is 0.167. The minimum atomic E-state index is -0.335. The van der Waals surface area contributed by atoms with Crippen LogP contribution in [0.5, 0.6) is 0 Å². The average molecular weight is 126 g/mol. The smallest absolute Gasteiger partial charge is 0.284 e. The monoisotopic (exact) mass is 126 g/mol. The summed E-state index contributed by atoms with van der Waals surface area (Å²) in [6.45, 7) is 5.28. The van der Waals surface area contributed by atoms with Crippen LogP contribution in [0.2, 0.25) is 0 Å². The second-order valence-electron chi connectivity index (χ2n) is 1.43. The maximum absolute atomic E-state index is 6.66. The van der Waals surface area contributed by atoms with Gasteiger partial charge in [-0.05, 0) is 13.0 Å². The Labute approximate surface area is 54.3 Å². The number of rotatable bonds is 2. The van der Waals surface area contributed by atoms with E-state index in [1.54, 1.807) is 12.2 Å². The van der Waals surface area contributed by atoms with E-state index in [1.807, 2.05) is 6.92 Å². The van der Waals surface area contributed by atoms with Crippen molar-refractivity contribution in [3.63, 3.8) is 0 Å². The Hall–Kier alpha value is -1.25. The summed E-state index contributed by atoms with van der Waals surface area (Å²) >= 11 is 0. The second-order valence-corrected chi connectivity index (χ2v) is 1.43. The highest BCUT2D eigenvalue weighted by atomic mass is 16.5. The summed E-state index contributed by atoms with van der Waals surface area (Å²) in [4.78, 5) is 0. The fourth-order valence-corrected chi connectivity index (χ4v) is 0.361. The lowest BCUT2D eigenvalue weighted by Gasteiger charge is -1.98. The first-order valence-corrected chi connectivity index (χ1v) is 2.50. The Balaban J connectivity index is 3.64. The molecule has 0 aliphatic rings. The zero-order valence-electron chi connectivity index (χ0n) is 5.35. The first kappa shape index (κ1) is 7.75. The number of hydrogen-bond acceptors (Lipinski definition) is 2. The van der Waals surface area contributed by atoms with Crippen LogP contribution in [0, 0.1) is 5.41 Å². The maximum Gasteiger partial charge on any atom is 0.284 e. The van der Waals surface area contributed by atoms with Gasteiger partial charge in [0.25, 0.3) is 6.02 Å². The molecule has 0 aromatic carbocycles. The van der Waals surface area contributed by atoms with Crippen LogP contribution >= 0.6 is 0 Å². The molecule has 0 aliphatic heterocycles. The van der Waals surface area contributed by atoms with Crippen LogP contribution in [0.3, 0.4) is 0 Å². The lowest BCUT2D eigenvalue weighted by molar-refractivity contribution is 0.425. The van der Waals surface area contributed by atoms with Gasteiger partial charge in [-0.15, -0.1) is 0 Å². The highest BCUT2D eigenvalue weighted by Gasteiger charge is 1.87. The molecule has 0 radical (unpaired) electrons. The van der Waals surface area contributed by atoms with E-state index < -0.39 is 0 Å². The van der Waals surface area contributed by atoms with Gasteiger partial charge >= 0.3 is 0 Å². The van der Waals surface area contributed by atoms with E-state index in [0.717, 1.165) is 0 Å². The summed E-state index contributed by atoms with van der Waals surface area (Å²) in [7, 11) is 0. The third-order valence-electron chi connectivity index (χ3n) is 0.594. The number of nitrogens with one attached hydrogen (secondary N) is 1. The summed E-state index contributed by atoms with van der Waals surface area (Å²) in [5.41, 5.74) is 4.89. The van der Waals surface area contributed by atoms with Gasteiger partial charge in [0.15, 0.2) is 0 Å². The first-order chi connectivity index (χ1) is 4.16. The Morgan fingerprint density at radius 2 is 2.33 bits per heavy atom. The molecule has 3 heteroatoms. The van der Waals surface area contributed by atoms with Crippen LogP contribution in [-0.2, 0) is 4.74 Å². The average Bonchev–Trinajstić information content (AvgIpc) is 1.63. The van der Waals surface area contributed by atoms with Gasteiger partial charge in [0.1, 0.15) is 5.76 Å². The number of allylic oxidation sites excluding steroid dienone is 2. The van der Waals surface area contributed by atoms with Gasteiger partial charge in [-0.25, -0.2) is 0 Å². The summed E-state index contributed by atoms with van der Waals surface area (Å²) in [6, 6.07) is -0.335. The number of ether oxygens (including phenoxy) is 1. The topological polar surface area (TPSA) is 59.1 Å². The molecular formula is C6H10N2O. The van der Waals surface area contributed by atoms with Gasteiger partial charge in [-0.1, -0.05) is 12.7 Å². The molecule has 0 saturated heterocycles. The van der Waals surface area contributed by atoms with Crippen LogP contribution in [0.4, 0.5) is 0 Å². The zero-order valence-corrected chi connectivity index (χ0v) is 5.35. The van der Waals surface area contributed by atoms with Crippen molar-refractivity contribution < 1.29 is 4.74 Å². The third kappa shape index (κ3) is 4.61. The van der Waals surface area contributed by atoms with Crippen molar-refractivity contribution in [1.82, 2.24) is 0 Å². The minimum Gasteiger partial charge on any atom is -0.427 e. The highest BCUT2D eigenvalue weighted by molar-refractivity contribution is 5.68. The van der Waals surface area contributed by atoms with Crippen molar-refractivity contribution >= 4 is 6.02 Å². The van der Waals surface area contributed by atoms with Gasteiger partial charge in [-0.3, -0.25) is 5.41 Å². The minimum absolute atomic E-state index is 0.335. The molecule has 0 spiro atoms. The zero-order chi connectivity index (χ0) is 7.28. The first-order valence-electron chi connectivity index (χ1n) is 2.50. The van der Waals surface area contributed by atoms with Gasteiger partial charge < -0.3 is 10.5 Å². The molecule has 0 heterocycles. The molecular weight excluding hydrogens is 116 g/mol. The van der Waals surface area contributed by atoms with E-state index in [1.165, 1.54) is 0 Å². The molecule has 0 bridgehead atoms. The fourth-order valence-electron chi connectivity index (χ4n) is 0.361. The molecule has 0 aromatic rings. The number of hydrogen-bond donors (Lipinski definition) is 2. The SMILES string of the molecule is C=C(/C=C\C)OC(=N)N. The molecule has 3 N–H and O–H groups in total. The Morgan fingerprint density at radius 3 is 2.67 bits per heavy atom. The van der Waals surface area contributed by atoms with Crippen molar-refractivity contribution in [3.8, 4) is 0 Å². The van der Waals surface area contributed by atoms with Gasteiger partial charge in [0, 0.05) is 0 Å². The van der Waals surface area contributed by atoms with Crippen LogP contribution < -0.4 is 5.73 Å². The standard InChI is InChI=1S/C6H10N2O/c1-3-4-5(2)9-6(7)8/h3-4H,2H2,1H3,(H3,7,8)/b4-3-. The summed E-state index contributed by atoms with van der Waals surface area (Å²) in [5, 5.41) is 6.66. The predicted molar refractivity (Wildman–Crippen MR) is 37.0 cm³/mol. The van der Waals surface area contributed by atoms with E-state index >= 15 is 0 Å². The van der Waals surface area contributed by atoms with Crippen molar-refractivity contribution in [3.05, 3.63) is 24.5 Å². The van der Waals surface area contributed by atoms with E-state index in [-0.39, 0.29) is 6.02 Å². The van der Waals surface area contributed by atoms with E-state index in [0.29, 0.717) is 5.76 Å². The Morgan fingerprint density at radius 1 is 1.78 bits per heavy atom. The maximum atomic E-state index is 6.66. The lowest BCUT2D eigenvalue weighted by atomic mass is 10.5. The molecule has 0 fully saturated rings. The summed E-state index contributed by atoms with van der Waals surface area (Å²) < 4.78 is 4.57. The molecule has 0 saturated carbocycles. The van der Waals surface area contributed by atoms with Crippen LogP contribution in [-0.4, -0.2) is 6.02 Å². The molecule has 0 unspecified atom stereocenters. The number of nitrogens with two attached hydrogens (primary N) is 1. The van der Waals surface area contributed by atoms with E-state index in [9.17, 15) is 0 Å². The molecule has 9 heavy (non-hydrogen) atoms. The molecule has 0 rings (SSSR count). The van der Waals surface area contributed by atoms with Gasteiger partial charge in [0.2, 0.25) is 0 Å². The van der Waals surface area contributed by atoms with E-state index in [2.05, 4.69) is 11.3 Å². The van der Waals surface area contributed by atoms with Gasteiger partial charge in [0.05, 0.1) is 0 Å². The Bertz CT molecular complexity index is 149. The van der Waals surface area contributed by atoms with Crippen molar-refractivity contribution in [2.45, 2.75) is 6.92 Å². The largest absolute Gasteiger partial charge is 0.427 e. The molecule has 0 amide bonds. The van der Waals surface area contributed by atoms with Crippen LogP contribution in [0.25, 0.3) is 0 Å². The third-order valence-corrected chi connectivity index (χ3v) is 0.594. The van der Waals surface area contributed by atoms with Crippen molar-refractivity contribution in [2.24, 2.45) is 5.73 Å². The molecule has 3 nitrogen and oxygen atoms in total. The van der Waals surface area contributed by atoms with Crippen LogP contribution in [0.15, 0.2) is 24.5 Å². The molecule has 50 valence electrons. The van der Waals surface area contributed by atoms with Crippen molar-refractivity contribution in [1.29, 1.82) is 5.41 Å². The van der Waals surface area contributed by atoms with E-state index in [4.69, 9.17) is 11.1 Å². The second kappa shape index (κ2) is 3.72. The predicted octanol–water partition coefficient (Wildman–Crippen LogP) is 0.986.